The van der Waals surface area contributed by atoms with Crippen LogP contribution in [-0.2, 0) is 0 Å². The van der Waals surface area contributed by atoms with E-state index in [1.165, 1.54) is 11.3 Å². The van der Waals surface area contributed by atoms with Crippen LogP contribution in [0.25, 0.3) is 11.3 Å². The maximum Gasteiger partial charge on any atom is 0.221 e. The molecule has 104 valence electrons. The van der Waals surface area contributed by atoms with Crippen LogP contribution in [0.4, 0.5) is 0 Å². The summed E-state index contributed by atoms with van der Waals surface area (Å²) in [4.78, 5) is 16.7. The minimum atomic E-state index is -0.0862. The topological polar surface area (TPSA) is 30.0 Å². The highest BCUT2D eigenvalue weighted by atomic mass is 35.5. The number of hydrogen-bond donors (Lipinski definition) is 0. The smallest absolute Gasteiger partial charge is 0.221 e. The van der Waals surface area contributed by atoms with Crippen LogP contribution < -0.4 is 0 Å². The average Bonchev–Trinajstić information content (AvgIpc) is 2.97. The van der Waals surface area contributed by atoms with Gasteiger partial charge in [-0.2, -0.15) is 0 Å². The highest BCUT2D eigenvalue weighted by Crippen LogP contribution is 2.31. The Morgan fingerprint density at radius 3 is 2.52 bits per heavy atom. The fraction of sp³-hybridized carbons (Fsp3) is 0. The maximum atomic E-state index is 12.3. The van der Waals surface area contributed by atoms with Crippen LogP contribution in [0.1, 0.15) is 15.4 Å². The van der Waals surface area contributed by atoms with Crippen LogP contribution in [-0.4, -0.2) is 10.8 Å². The zero-order chi connectivity index (χ0) is 14.8. The van der Waals surface area contributed by atoms with E-state index in [0.717, 1.165) is 5.56 Å². The predicted molar refractivity (Wildman–Crippen MR) is 87.4 cm³/mol. The van der Waals surface area contributed by atoms with Crippen molar-refractivity contribution < 1.29 is 4.79 Å². The number of hydrogen-bond acceptors (Lipinski definition) is 3. The van der Waals surface area contributed by atoms with Gasteiger partial charge in [0.15, 0.2) is 5.01 Å². The van der Waals surface area contributed by atoms with Crippen LogP contribution in [0.15, 0.2) is 53.9 Å². The van der Waals surface area contributed by atoms with Gasteiger partial charge in [-0.1, -0.05) is 53.5 Å². The number of ketones is 1. The Labute approximate surface area is 136 Å². The molecular formula is C16H9Cl2NOS. The molecule has 0 N–H and O–H groups in total. The highest BCUT2D eigenvalue weighted by molar-refractivity contribution is 7.12. The van der Waals surface area contributed by atoms with Gasteiger partial charge in [0.25, 0.3) is 0 Å². The van der Waals surface area contributed by atoms with Gasteiger partial charge in [0.1, 0.15) is 0 Å². The summed E-state index contributed by atoms with van der Waals surface area (Å²) in [5.74, 6) is -0.0862. The molecule has 5 heteroatoms. The van der Waals surface area contributed by atoms with E-state index in [2.05, 4.69) is 4.98 Å². The van der Waals surface area contributed by atoms with Crippen molar-refractivity contribution in [2.24, 2.45) is 0 Å². The van der Waals surface area contributed by atoms with Gasteiger partial charge < -0.3 is 0 Å². The van der Waals surface area contributed by atoms with Gasteiger partial charge >= 0.3 is 0 Å². The monoisotopic (exact) mass is 333 g/mol. The maximum absolute atomic E-state index is 12.3. The van der Waals surface area contributed by atoms with Crippen molar-refractivity contribution in [2.75, 3.05) is 0 Å². The quantitative estimate of drug-likeness (QED) is 0.605. The second-order valence-corrected chi connectivity index (χ2v) is 6.06. The largest absolute Gasteiger partial charge is 0.286 e. The van der Waals surface area contributed by atoms with Crippen molar-refractivity contribution in [1.29, 1.82) is 0 Å². The third kappa shape index (κ3) is 3.00. The molecule has 0 atom stereocenters. The summed E-state index contributed by atoms with van der Waals surface area (Å²) in [5, 5.41) is 3.36. The molecule has 2 nitrogen and oxygen atoms in total. The molecule has 3 aromatic rings. The summed E-state index contributed by atoms with van der Waals surface area (Å²) in [7, 11) is 0. The van der Waals surface area contributed by atoms with Gasteiger partial charge in [-0.3, -0.25) is 4.79 Å². The van der Waals surface area contributed by atoms with Crippen LogP contribution in [0.3, 0.4) is 0 Å². The number of nitrogens with zero attached hydrogens (tertiary/aromatic N) is 1. The van der Waals surface area contributed by atoms with Crippen LogP contribution in [0.5, 0.6) is 0 Å². The Hall–Kier alpha value is -1.68. The standard InChI is InChI=1S/C16H9Cl2NOS/c17-11-6-7-12(13(18)8-11)14-9-21-16(19-14)15(20)10-4-2-1-3-5-10/h1-9H. The van der Waals surface area contributed by atoms with Crippen molar-refractivity contribution >= 4 is 40.3 Å². The Kier molecular flexibility index (Phi) is 4.06. The summed E-state index contributed by atoms with van der Waals surface area (Å²) >= 11 is 13.4. The Morgan fingerprint density at radius 2 is 1.81 bits per heavy atom. The summed E-state index contributed by atoms with van der Waals surface area (Å²) in [5.41, 5.74) is 2.07. The second-order valence-electron chi connectivity index (χ2n) is 4.36. The van der Waals surface area contributed by atoms with E-state index < -0.39 is 0 Å². The van der Waals surface area contributed by atoms with Crippen molar-refractivity contribution in [3.63, 3.8) is 0 Å². The zero-order valence-electron chi connectivity index (χ0n) is 10.7. The Morgan fingerprint density at radius 1 is 1.05 bits per heavy atom. The highest BCUT2D eigenvalue weighted by Gasteiger charge is 2.15. The van der Waals surface area contributed by atoms with E-state index in [0.29, 0.717) is 26.3 Å². The molecule has 1 heterocycles. The van der Waals surface area contributed by atoms with E-state index in [9.17, 15) is 4.79 Å². The van der Waals surface area contributed by atoms with E-state index in [4.69, 9.17) is 23.2 Å². The summed E-state index contributed by atoms with van der Waals surface area (Å²) in [6.07, 6.45) is 0. The van der Waals surface area contributed by atoms with E-state index in [1.807, 2.05) is 23.6 Å². The molecule has 0 radical (unpaired) electrons. The molecule has 0 saturated heterocycles. The molecule has 0 amide bonds. The van der Waals surface area contributed by atoms with Crippen LogP contribution >= 0.6 is 34.5 Å². The Balaban J connectivity index is 1.95. The van der Waals surface area contributed by atoms with Gasteiger partial charge in [0, 0.05) is 21.5 Å². The van der Waals surface area contributed by atoms with Crippen LogP contribution in [0, 0.1) is 0 Å². The lowest BCUT2D eigenvalue weighted by Crippen LogP contribution is -2.00. The summed E-state index contributed by atoms with van der Waals surface area (Å²) < 4.78 is 0. The fourth-order valence-electron chi connectivity index (χ4n) is 1.91. The van der Waals surface area contributed by atoms with Crippen molar-refractivity contribution in [1.82, 2.24) is 4.98 Å². The molecule has 1 aromatic heterocycles. The SMILES string of the molecule is O=C(c1ccccc1)c1nc(-c2ccc(Cl)cc2Cl)cs1. The van der Waals surface area contributed by atoms with Crippen molar-refractivity contribution in [3.8, 4) is 11.3 Å². The third-order valence-corrected chi connectivity index (χ3v) is 4.33. The van der Waals surface area contributed by atoms with Gasteiger partial charge in [-0.15, -0.1) is 11.3 Å². The molecule has 0 aliphatic carbocycles. The van der Waals surface area contributed by atoms with E-state index >= 15 is 0 Å². The number of carbonyl (C=O) groups is 1. The zero-order valence-corrected chi connectivity index (χ0v) is 13.0. The van der Waals surface area contributed by atoms with E-state index in [1.54, 1.807) is 30.3 Å². The number of thiazole rings is 1. The second kappa shape index (κ2) is 5.98. The molecule has 3 rings (SSSR count). The minimum Gasteiger partial charge on any atom is -0.286 e. The summed E-state index contributed by atoms with van der Waals surface area (Å²) in [6.45, 7) is 0. The molecule has 21 heavy (non-hydrogen) atoms. The van der Waals surface area contributed by atoms with Crippen molar-refractivity contribution in [2.45, 2.75) is 0 Å². The molecule has 0 aliphatic heterocycles. The van der Waals surface area contributed by atoms with Crippen LogP contribution in [0.2, 0.25) is 10.0 Å². The lowest BCUT2D eigenvalue weighted by Gasteiger charge is -2.01. The normalized spacial score (nSPS) is 10.6. The fourth-order valence-corrected chi connectivity index (χ4v) is 3.20. The van der Waals surface area contributed by atoms with Gasteiger partial charge in [-0.05, 0) is 18.2 Å². The lowest BCUT2D eigenvalue weighted by molar-refractivity contribution is 0.103. The van der Waals surface area contributed by atoms with Crippen molar-refractivity contribution in [3.05, 3.63) is 74.5 Å². The Bertz CT molecular complexity index is 799. The number of halogens is 2. The molecule has 0 fully saturated rings. The number of benzene rings is 2. The molecule has 2 aromatic carbocycles. The minimum absolute atomic E-state index is 0.0862. The molecule has 0 aliphatic rings. The lowest BCUT2D eigenvalue weighted by atomic mass is 10.1. The molecule has 0 spiro atoms. The molecular weight excluding hydrogens is 325 g/mol. The number of aromatic nitrogens is 1. The number of carbonyl (C=O) groups excluding carboxylic acids is 1. The van der Waals surface area contributed by atoms with E-state index in [-0.39, 0.29) is 5.78 Å². The first-order valence-corrected chi connectivity index (χ1v) is 7.79. The molecule has 0 saturated carbocycles. The first-order valence-electron chi connectivity index (χ1n) is 6.16. The predicted octanol–water partition coefficient (Wildman–Crippen LogP) is 5.35. The van der Waals surface area contributed by atoms with Gasteiger partial charge in [0.05, 0.1) is 10.7 Å². The first-order chi connectivity index (χ1) is 10.1. The molecule has 0 unspecified atom stereocenters. The van der Waals surface area contributed by atoms with Gasteiger partial charge in [0.2, 0.25) is 5.78 Å². The number of rotatable bonds is 3. The summed E-state index contributed by atoms with van der Waals surface area (Å²) in [6, 6.07) is 14.3. The van der Waals surface area contributed by atoms with Gasteiger partial charge in [-0.25, -0.2) is 4.98 Å². The molecule has 0 bridgehead atoms. The first kappa shape index (κ1) is 14.3. The average molecular weight is 334 g/mol. The third-order valence-electron chi connectivity index (χ3n) is 2.94.